The summed E-state index contributed by atoms with van der Waals surface area (Å²) in [7, 11) is 6.48. The van der Waals surface area contributed by atoms with Crippen LogP contribution >= 0.6 is 0 Å². The molecule has 128 valence electrons. The highest BCUT2D eigenvalue weighted by molar-refractivity contribution is 5.95. The maximum absolute atomic E-state index is 12.3. The highest BCUT2D eigenvalue weighted by Crippen LogP contribution is 2.16. The van der Waals surface area contributed by atoms with Crippen LogP contribution in [0.25, 0.3) is 0 Å². The maximum Gasteiger partial charge on any atom is 0.332 e. The van der Waals surface area contributed by atoms with Gasteiger partial charge in [-0.25, -0.2) is 9.79 Å². The molecule has 0 amide bonds. The first kappa shape index (κ1) is 17.3. The van der Waals surface area contributed by atoms with Gasteiger partial charge in [-0.1, -0.05) is 17.7 Å². The second-order valence-corrected chi connectivity index (χ2v) is 5.76. The number of rotatable bonds is 2. The third-order valence-electron chi connectivity index (χ3n) is 3.63. The van der Waals surface area contributed by atoms with Crippen LogP contribution in [-0.2, 0) is 14.1 Å². The van der Waals surface area contributed by atoms with Gasteiger partial charge in [-0.15, -0.1) is 0 Å². The van der Waals surface area contributed by atoms with E-state index in [1.807, 2.05) is 31.2 Å². The van der Waals surface area contributed by atoms with E-state index in [0.717, 1.165) is 15.8 Å². The Morgan fingerprint density at radius 3 is 2.25 bits per heavy atom. The minimum Gasteiger partial charge on any atom is -0.383 e. The van der Waals surface area contributed by atoms with Crippen LogP contribution in [0.1, 0.15) is 5.56 Å². The summed E-state index contributed by atoms with van der Waals surface area (Å²) in [6.07, 6.45) is 0. The van der Waals surface area contributed by atoms with Crippen LogP contribution < -0.4 is 22.3 Å². The lowest BCUT2D eigenvalue weighted by Gasteiger charge is -2.18. The topological polar surface area (TPSA) is 97.6 Å². The zero-order valence-electron chi connectivity index (χ0n) is 14.5. The Bertz CT molecular complexity index is 891. The number of anilines is 2. The number of benzene rings is 1. The Morgan fingerprint density at radius 1 is 1.12 bits per heavy atom. The molecular formula is C16H22N6O2. The molecule has 0 aliphatic rings. The van der Waals surface area contributed by atoms with Gasteiger partial charge in [-0.05, 0) is 19.1 Å². The highest BCUT2D eigenvalue weighted by atomic mass is 16.2. The molecule has 0 saturated carbocycles. The van der Waals surface area contributed by atoms with Crippen molar-refractivity contribution in [1.29, 1.82) is 0 Å². The van der Waals surface area contributed by atoms with Gasteiger partial charge in [0, 0.05) is 33.9 Å². The van der Waals surface area contributed by atoms with E-state index in [1.165, 1.54) is 18.7 Å². The molecule has 8 heteroatoms. The quantitative estimate of drug-likeness (QED) is 0.622. The molecule has 0 radical (unpaired) electrons. The summed E-state index contributed by atoms with van der Waals surface area (Å²) in [6.45, 7) is 2.00. The molecule has 0 aliphatic heterocycles. The molecule has 0 saturated heterocycles. The molecule has 0 bridgehead atoms. The Morgan fingerprint density at radius 2 is 1.71 bits per heavy atom. The number of nitrogens with one attached hydrogen (secondary N) is 1. The summed E-state index contributed by atoms with van der Waals surface area (Å²) < 4.78 is 2.17. The van der Waals surface area contributed by atoms with E-state index >= 15 is 0 Å². The summed E-state index contributed by atoms with van der Waals surface area (Å²) in [5.74, 6) is 0.453. The predicted molar refractivity (Wildman–Crippen MR) is 96.9 cm³/mol. The second kappa shape index (κ2) is 6.61. The van der Waals surface area contributed by atoms with E-state index in [4.69, 9.17) is 5.73 Å². The van der Waals surface area contributed by atoms with E-state index in [1.54, 1.807) is 19.0 Å². The molecule has 24 heavy (non-hydrogen) atoms. The number of nitrogens with two attached hydrogens (primary N) is 1. The van der Waals surface area contributed by atoms with E-state index in [0.29, 0.717) is 5.96 Å². The molecule has 2 rings (SSSR count). The number of hydrogen-bond donors (Lipinski definition) is 2. The largest absolute Gasteiger partial charge is 0.383 e. The summed E-state index contributed by atoms with van der Waals surface area (Å²) in [5.41, 5.74) is 6.86. The number of aliphatic imine (C=N–C) groups is 1. The van der Waals surface area contributed by atoms with Crippen molar-refractivity contribution >= 4 is 23.2 Å². The van der Waals surface area contributed by atoms with Crippen LogP contribution in [0.2, 0.25) is 0 Å². The standard InChI is InChI=1S/C16H22N6O2/c1-10-6-8-11(9-7-10)18-15(20(2)3)19-12-13(17)21(4)16(24)22(5)14(12)23/h6-9H,17H2,1-5H3,(H,18,19). The minimum atomic E-state index is -0.541. The Kier molecular flexibility index (Phi) is 4.77. The van der Waals surface area contributed by atoms with Gasteiger partial charge in [-0.2, -0.15) is 0 Å². The number of aryl methyl sites for hydroxylation is 1. The van der Waals surface area contributed by atoms with Crippen molar-refractivity contribution in [2.24, 2.45) is 19.1 Å². The number of aromatic nitrogens is 2. The average Bonchev–Trinajstić information content (AvgIpc) is 2.55. The van der Waals surface area contributed by atoms with Crippen molar-refractivity contribution < 1.29 is 0 Å². The lowest BCUT2D eigenvalue weighted by molar-refractivity contribution is 0.619. The van der Waals surface area contributed by atoms with Crippen LogP contribution in [0, 0.1) is 6.92 Å². The van der Waals surface area contributed by atoms with Gasteiger partial charge in [-0.3, -0.25) is 13.9 Å². The zero-order chi connectivity index (χ0) is 18.0. The van der Waals surface area contributed by atoms with Crippen molar-refractivity contribution in [3.63, 3.8) is 0 Å². The monoisotopic (exact) mass is 330 g/mol. The Balaban J connectivity index is 2.55. The predicted octanol–water partition coefficient (Wildman–Crippen LogP) is 0.636. The molecule has 1 aromatic heterocycles. The van der Waals surface area contributed by atoms with Crippen molar-refractivity contribution in [1.82, 2.24) is 14.0 Å². The number of nitrogen functional groups attached to an aromatic ring is 1. The van der Waals surface area contributed by atoms with Gasteiger partial charge in [0.1, 0.15) is 5.82 Å². The third-order valence-corrected chi connectivity index (χ3v) is 3.63. The van der Waals surface area contributed by atoms with Crippen molar-refractivity contribution in [3.05, 3.63) is 50.7 Å². The van der Waals surface area contributed by atoms with Crippen molar-refractivity contribution in [2.45, 2.75) is 6.92 Å². The first-order valence-corrected chi connectivity index (χ1v) is 7.37. The van der Waals surface area contributed by atoms with Gasteiger partial charge in [0.15, 0.2) is 5.69 Å². The highest BCUT2D eigenvalue weighted by Gasteiger charge is 2.14. The van der Waals surface area contributed by atoms with E-state index in [2.05, 4.69) is 10.3 Å². The maximum atomic E-state index is 12.3. The van der Waals surface area contributed by atoms with Gasteiger partial charge in [0.2, 0.25) is 5.96 Å². The molecule has 2 aromatic rings. The summed E-state index contributed by atoms with van der Waals surface area (Å²) in [6, 6.07) is 7.76. The van der Waals surface area contributed by atoms with Crippen molar-refractivity contribution in [2.75, 3.05) is 25.1 Å². The summed E-state index contributed by atoms with van der Waals surface area (Å²) >= 11 is 0. The molecular weight excluding hydrogens is 308 g/mol. The molecule has 0 unspecified atom stereocenters. The molecule has 8 nitrogen and oxygen atoms in total. The molecule has 0 atom stereocenters. The molecule has 0 spiro atoms. The molecule has 3 N–H and O–H groups in total. The molecule has 0 aliphatic carbocycles. The van der Waals surface area contributed by atoms with Crippen LogP contribution in [0.5, 0.6) is 0 Å². The smallest absolute Gasteiger partial charge is 0.332 e. The summed E-state index contributed by atoms with van der Waals surface area (Å²) in [5, 5.41) is 3.15. The van der Waals surface area contributed by atoms with Crippen LogP contribution in [-0.4, -0.2) is 34.1 Å². The first-order chi connectivity index (χ1) is 11.2. The fraction of sp³-hybridized carbons (Fsp3) is 0.312. The fourth-order valence-electron chi connectivity index (χ4n) is 2.06. The normalized spacial score (nSPS) is 11.5. The fourth-order valence-corrected chi connectivity index (χ4v) is 2.06. The van der Waals surface area contributed by atoms with Gasteiger partial charge < -0.3 is 16.0 Å². The van der Waals surface area contributed by atoms with Crippen LogP contribution in [0.15, 0.2) is 38.8 Å². The third kappa shape index (κ3) is 3.32. The Hall–Kier alpha value is -3.03. The SMILES string of the molecule is Cc1ccc(NC(=Nc2c(N)n(C)c(=O)n(C)c2=O)N(C)C)cc1. The van der Waals surface area contributed by atoms with E-state index in [9.17, 15) is 9.59 Å². The minimum absolute atomic E-state index is 0.0166. The average molecular weight is 330 g/mol. The van der Waals surface area contributed by atoms with Gasteiger partial charge in [0.05, 0.1) is 0 Å². The Labute approximate surface area is 139 Å². The van der Waals surface area contributed by atoms with Crippen LogP contribution in [0.4, 0.5) is 17.2 Å². The van der Waals surface area contributed by atoms with Crippen molar-refractivity contribution in [3.8, 4) is 0 Å². The zero-order valence-corrected chi connectivity index (χ0v) is 14.5. The number of guanidine groups is 1. The molecule has 1 aromatic carbocycles. The molecule has 1 heterocycles. The van der Waals surface area contributed by atoms with E-state index < -0.39 is 11.2 Å². The lowest BCUT2D eigenvalue weighted by Crippen LogP contribution is -2.38. The number of nitrogens with zero attached hydrogens (tertiary/aromatic N) is 4. The van der Waals surface area contributed by atoms with Gasteiger partial charge in [0.25, 0.3) is 5.56 Å². The van der Waals surface area contributed by atoms with E-state index in [-0.39, 0.29) is 11.5 Å². The summed E-state index contributed by atoms with van der Waals surface area (Å²) in [4.78, 5) is 30.3. The van der Waals surface area contributed by atoms with Crippen LogP contribution in [0.3, 0.4) is 0 Å². The van der Waals surface area contributed by atoms with Gasteiger partial charge >= 0.3 is 5.69 Å². The lowest BCUT2D eigenvalue weighted by atomic mass is 10.2. The first-order valence-electron chi connectivity index (χ1n) is 7.37. The number of hydrogen-bond acceptors (Lipinski definition) is 4. The molecule has 0 fully saturated rings. The second-order valence-electron chi connectivity index (χ2n) is 5.76.